The number of amides is 1. The van der Waals surface area contributed by atoms with E-state index in [0.29, 0.717) is 34.4 Å². The van der Waals surface area contributed by atoms with E-state index in [2.05, 4.69) is 16.4 Å². The third-order valence-electron chi connectivity index (χ3n) is 6.06. The van der Waals surface area contributed by atoms with Crippen LogP contribution < -0.4 is 10.9 Å². The summed E-state index contributed by atoms with van der Waals surface area (Å²) < 4.78 is 5.41. The Balaban J connectivity index is 1.69. The molecule has 4 rings (SSSR count). The molecule has 0 saturated carbocycles. The molecular weight excluding hydrogens is 490 g/mol. The highest BCUT2D eigenvalue weighted by atomic mass is 16.6. The Kier molecular flexibility index (Phi) is 8.07. The number of benzene rings is 3. The van der Waals surface area contributed by atoms with Gasteiger partial charge in [-0.15, -0.1) is 0 Å². The van der Waals surface area contributed by atoms with Crippen LogP contribution in [0.4, 0.5) is 5.69 Å². The van der Waals surface area contributed by atoms with Crippen molar-refractivity contribution in [3.63, 3.8) is 0 Å². The number of aromatic nitrogens is 1. The van der Waals surface area contributed by atoms with Crippen molar-refractivity contribution in [3.8, 4) is 17.2 Å². The van der Waals surface area contributed by atoms with Gasteiger partial charge in [-0.05, 0) is 86.3 Å². The Bertz CT molecular complexity index is 1560. The number of nitrogens with zero attached hydrogens (tertiary/aromatic N) is 1. The molecule has 4 aromatic rings. The molecule has 0 saturated heterocycles. The average Bonchev–Trinajstić information content (AvgIpc) is 2.92. The van der Waals surface area contributed by atoms with E-state index in [1.54, 1.807) is 81.6 Å². The van der Waals surface area contributed by atoms with Crippen molar-refractivity contribution >= 4 is 17.6 Å². The lowest BCUT2D eigenvalue weighted by atomic mass is 9.86. The molecule has 196 valence electrons. The zero-order valence-corrected chi connectivity index (χ0v) is 22.0. The highest BCUT2D eigenvalue weighted by molar-refractivity contribution is 5.98. The fourth-order valence-corrected chi connectivity index (χ4v) is 4.24. The summed E-state index contributed by atoms with van der Waals surface area (Å²) in [5, 5.41) is 12.1. The van der Waals surface area contributed by atoms with Crippen molar-refractivity contribution in [2.24, 2.45) is 0 Å². The molecule has 0 aliphatic heterocycles. The molecule has 0 aliphatic carbocycles. The minimum Gasteiger partial charge on any atom is -0.456 e. The van der Waals surface area contributed by atoms with Crippen molar-refractivity contribution < 1.29 is 14.3 Å². The maximum atomic E-state index is 13.8. The topological polar surface area (TPSA) is 112 Å². The molecule has 0 spiro atoms. The number of rotatable bonds is 7. The number of carbonyl (C=O) groups excluding carboxylic acids is 2. The third kappa shape index (κ3) is 6.88. The van der Waals surface area contributed by atoms with Crippen molar-refractivity contribution in [2.75, 3.05) is 5.32 Å². The molecule has 1 unspecified atom stereocenters. The Morgan fingerprint density at radius 3 is 2.23 bits per heavy atom. The Labute approximate surface area is 227 Å². The van der Waals surface area contributed by atoms with E-state index in [9.17, 15) is 19.6 Å². The van der Waals surface area contributed by atoms with Crippen LogP contribution in [0.15, 0.2) is 95.9 Å². The molecule has 7 heteroatoms. The summed E-state index contributed by atoms with van der Waals surface area (Å²) in [5.74, 6) is -1.64. The van der Waals surface area contributed by atoms with Gasteiger partial charge in [-0.2, -0.15) is 5.26 Å². The zero-order valence-electron chi connectivity index (χ0n) is 22.0. The molecule has 1 atom stereocenters. The quantitative estimate of drug-likeness (QED) is 0.298. The molecule has 1 aromatic heterocycles. The number of nitriles is 1. The van der Waals surface area contributed by atoms with Crippen LogP contribution in [0, 0.1) is 11.3 Å². The van der Waals surface area contributed by atoms with E-state index in [4.69, 9.17) is 4.74 Å². The molecule has 0 fully saturated rings. The fraction of sp³-hybridized carbons (Fsp3) is 0.188. The average molecular weight is 520 g/mol. The predicted molar refractivity (Wildman–Crippen MR) is 150 cm³/mol. The third-order valence-corrected chi connectivity index (χ3v) is 6.06. The number of H-pyrrole nitrogens is 1. The number of pyridine rings is 1. The monoisotopic (exact) mass is 519 g/mol. The summed E-state index contributed by atoms with van der Waals surface area (Å²) in [5.41, 5.74) is 2.92. The Morgan fingerprint density at radius 2 is 1.62 bits per heavy atom. The van der Waals surface area contributed by atoms with Crippen molar-refractivity contribution in [3.05, 3.63) is 124 Å². The smallest absolute Gasteiger partial charge is 0.338 e. The van der Waals surface area contributed by atoms with Gasteiger partial charge in [-0.25, -0.2) is 4.79 Å². The van der Waals surface area contributed by atoms with E-state index in [1.807, 2.05) is 30.3 Å². The summed E-state index contributed by atoms with van der Waals surface area (Å²) in [4.78, 5) is 42.1. The second-order valence-electron chi connectivity index (χ2n) is 10.1. The fourth-order valence-electron chi connectivity index (χ4n) is 4.24. The largest absolute Gasteiger partial charge is 0.456 e. The second kappa shape index (κ2) is 11.6. The number of hydrogen-bond acceptors (Lipinski definition) is 5. The van der Waals surface area contributed by atoms with Gasteiger partial charge in [0.2, 0.25) is 5.91 Å². The van der Waals surface area contributed by atoms with E-state index < -0.39 is 17.5 Å². The first-order chi connectivity index (χ1) is 18.6. The van der Waals surface area contributed by atoms with Crippen LogP contribution in [-0.4, -0.2) is 22.5 Å². The first-order valence-corrected chi connectivity index (χ1v) is 12.5. The Morgan fingerprint density at radius 1 is 0.949 bits per heavy atom. The van der Waals surface area contributed by atoms with E-state index in [-0.39, 0.29) is 11.5 Å². The Hall–Kier alpha value is -4.96. The summed E-state index contributed by atoms with van der Waals surface area (Å²) in [6.45, 7) is 5.39. The molecule has 0 aliphatic rings. The first-order valence-electron chi connectivity index (χ1n) is 12.5. The van der Waals surface area contributed by atoms with Crippen LogP contribution >= 0.6 is 0 Å². The SMILES string of the molecule is CC(C)(C)OC(=O)c1ccc(NC(=O)C(Cc2ccccc2)c2c(-c3ccc(C#N)cc3)cc[nH]c2=O)cc1. The van der Waals surface area contributed by atoms with Crippen molar-refractivity contribution in [2.45, 2.75) is 38.7 Å². The van der Waals surface area contributed by atoms with Gasteiger partial charge in [0.1, 0.15) is 5.60 Å². The summed E-state index contributed by atoms with van der Waals surface area (Å²) in [6, 6.07) is 26.7. The number of anilines is 1. The molecule has 7 nitrogen and oxygen atoms in total. The summed E-state index contributed by atoms with van der Waals surface area (Å²) >= 11 is 0. The summed E-state index contributed by atoms with van der Waals surface area (Å²) in [7, 11) is 0. The number of aromatic amines is 1. The number of esters is 1. The standard InChI is InChI=1S/C32H29N3O4/c1-32(2,3)39-31(38)24-13-15-25(16-14-24)35-29(36)27(19-21-7-5-4-6-8-21)28-26(17-18-34-30(28)37)23-11-9-22(20-33)10-12-23/h4-18,27H,19H2,1-3H3,(H,34,37)(H,35,36). The minimum absolute atomic E-state index is 0.291. The molecular formula is C32H29N3O4. The van der Waals surface area contributed by atoms with Gasteiger partial charge < -0.3 is 15.0 Å². The first kappa shape index (κ1) is 27.1. The highest BCUT2D eigenvalue weighted by Crippen LogP contribution is 2.30. The van der Waals surface area contributed by atoms with Gasteiger partial charge in [0.15, 0.2) is 0 Å². The molecule has 2 N–H and O–H groups in total. The lowest BCUT2D eigenvalue weighted by molar-refractivity contribution is -0.117. The second-order valence-corrected chi connectivity index (χ2v) is 10.1. The van der Waals surface area contributed by atoms with Gasteiger partial charge >= 0.3 is 5.97 Å². The van der Waals surface area contributed by atoms with Crippen LogP contribution in [0.25, 0.3) is 11.1 Å². The zero-order chi connectivity index (χ0) is 28.0. The van der Waals surface area contributed by atoms with Crippen LogP contribution in [0.5, 0.6) is 0 Å². The lowest BCUT2D eigenvalue weighted by Gasteiger charge is -2.21. The lowest BCUT2D eigenvalue weighted by Crippen LogP contribution is -2.29. The molecule has 1 heterocycles. The van der Waals surface area contributed by atoms with E-state index in [1.165, 1.54) is 0 Å². The van der Waals surface area contributed by atoms with Crippen LogP contribution in [0.1, 0.15) is 53.7 Å². The molecule has 0 bridgehead atoms. The number of ether oxygens (including phenoxy) is 1. The minimum atomic E-state index is -0.825. The van der Waals surface area contributed by atoms with E-state index >= 15 is 0 Å². The number of nitrogens with one attached hydrogen (secondary N) is 2. The van der Waals surface area contributed by atoms with Crippen molar-refractivity contribution in [1.29, 1.82) is 5.26 Å². The maximum Gasteiger partial charge on any atom is 0.338 e. The number of carbonyl (C=O) groups is 2. The van der Waals surface area contributed by atoms with Gasteiger partial charge in [0, 0.05) is 17.4 Å². The molecule has 39 heavy (non-hydrogen) atoms. The van der Waals surface area contributed by atoms with Gasteiger partial charge in [0.25, 0.3) is 5.56 Å². The van der Waals surface area contributed by atoms with Crippen LogP contribution in [0.2, 0.25) is 0 Å². The van der Waals surface area contributed by atoms with Gasteiger partial charge in [-0.3, -0.25) is 9.59 Å². The normalized spacial score (nSPS) is 11.7. The van der Waals surface area contributed by atoms with E-state index in [0.717, 1.165) is 11.1 Å². The molecule has 0 radical (unpaired) electrons. The van der Waals surface area contributed by atoms with Crippen molar-refractivity contribution in [1.82, 2.24) is 4.98 Å². The van der Waals surface area contributed by atoms with Gasteiger partial charge in [-0.1, -0.05) is 42.5 Å². The molecule has 3 aromatic carbocycles. The van der Waals surface area contributed by atoms with Gasteiger partial charge in [0.05, 0.1) is 23.1 Å². The highest BCUT2D eigenvalue weighted by Gasteiger charge is 2.27. The van der Waals surface area contributed by atoms with Crippen LogP contribution in [0.3, 0.4) is 0 Å². The number of hydrogen-bond donors (Lipinski definition) is 2. The maximum absolute atomic E-state index is 13.8. The van der Waals surface area contributed by atoms with Crippen LogP contribution in [-0.2, 0) is 16.0 Å². The predicted octanol–water partition coefficient (Wildman–Crippen LogP) is 5.83. The summed E-state index contributed by atoms with van der Waals surface area (Å²) in [6.07, 6.45) is 1.84. The molecule has 1 amide bonds.